The van der Waals surface area contributed by atoms with Crippen molar-refractivity contribution in [1.82, 2.24) is 20.1 Å². The molecule has 0 amide bonds. The first kappa shape index (κ1) is 14.8. The standard InChI is InChI=1S/C14H19ClN4O/c1-4-16-6-11-5-14(17-8-13(11)15)20-12-7-18-19(9-12)10(2)3/h5,7-10,16H,4,6H2,1-3H3. The molecule has 0 bridgehead atoms. The number of nitrogens with one attached hydrogen (secondary N) is 1. The molecule has 0 saturated carbocycles. The van der Waals surface area contributed by atoms with Crippen LogP contribution >= 0.6 is 11.6 Å². The average Bonchev–Trinajstić information content (AvgIpc) is 2.88. The number of halogens is 1. The molecular weight excluding hydrogens is 276 g/mol. The van der Waals surface area contributed by atoms with Crippen LogP contribution in [0.2, 0.25) is 5.02 Å². The van der Waals surface area contributed by atoms with E-state index >= 15 is 0 Å². The lowest BCUT2D eigenvalue weighted by Crippen LogP contribution is -2.12. The van der Waals surface area contributed by atoms with Crippen molar-refractivity contribution in [3.05, 3.63) is 35.2 Å². The van der Waals surface area contributed by atoms with Gasteiger partial charge in [-0.1, -0.05) is 18.5 Å². The van der Waals surface area contributed by atoms with Gasteiger partial charge in [-0.2, -0.15) is 5.10 Å². The summed E-state index contributed by atoms with van der Waals surface area (Å²) in [6, 6.07) is 2.15. The average molecular weight is 295 g/mol. The van der Waals surface area contributed by atoms with E-state index in [9.17, 15) is 0 Å². The minimum absolute atomic E-state index is 0.301. The molecule has 20 heavy (non-hydrogen) atoms. The van der Waals surface area contributed by atoms with E-state index in [-0.39, 0.29) is 0 Å². The monoisotopic (exact) mass is 294 g/mol. The number of pyridine rings is 1. The Balaban J connectivity index is 2.12. The van der Waals surface area contributed by atoms with Crippen LogP contribution in [0.5, 0.6) is 11.6 Å². The van der Waals surface area contributed by atoms with Crippen molar-refractivity contribution >= 4 is 11.6 Å². The summed E-state index contributed by atoms with van der Waals surface area (Å²) in [7, 11) is 0. The highest BCUT2D eigenvalue weighted by molar-refractivity contribution is 6.31. The molecule has 1 N–H and O–H groups in total. The molecule has 2 rings (SSSR count). The van der Waals surface area contributed by atoms with Gasteiger partial charge in [0.15, 0.2) is 5.75 Å². The molecule has 2 heterocycles. The fourth-order valence-electron chi connectivity index (χ4n) is 1.69. The Morgan fingerprint density at radius 1 is 1.40 bits per heavy atom. The topological polar surface area (TPSA) is 52.0 Å². The minimum Gasteiger partial charge on any atom is -0.436 e. The second-order valence-electron chi connectivity index (χ2n) is 4.75. The van der Waals surface area contributed by atoms with Crippen molar-refractivity contribution in [2.24, 2.45) is 0 Å². The van der Waals surface area contributed by atoms with Crippen molar-refractivity contribution in [3.63, 3.8) is 0 Å². The van der Waals surface area contributed by atoms with Crippen LogP contribution in [0.25, 0.3) is 0 Å². The van der Waals surface area contributed by atoms with Crippen LogP contribution in [0.1, 0.15) is 32.4 Å². The van der Waals surface area contributed by atoms with Gasteiger partial charge in [-0.3, -0.25) is 4.68 Å². The number of ether oxygens (including phenoxy) is 1. The quantitative estimate of drug-likeness (QED) is 0.887. The number of hydrogen-bond acceptors (Lipinski definition) is 4. The zero-order valence-electron chi connectivity index (χ0n) is 11.9. The van der Waals surface area contributed by atoms with Crippen LogP contribution in [-0.2, 0) is 6.54 Å². The maximum Gasteiger partial charge on any atom is 0.219 e. The zero-order valence-corrected chi connectivity index (χ0v) is 12.7. The molecule has 0 radical (unpaired) electrons. The molecule has 0 spiro atoms. The van der Waals surface area contributed by atoms with E-state index in [1.54, 1.807) is 12.4 Å². The molecule has 6 heteroatoms. The maximum atomic E-state index is 6.11. The molecule has 2 aromatic heterocycles. The van der Waals surface area contributed by atoms with E-state index in [1.807, 2.05) is 23.9 Å². The molecule has 2 aromatic rings. The summed E-state index contributed by atoms with van der Waals surface area (Å²) in [5.41, 5.74) is 0.967. The molecule has 0 aliphatic rings. The van der Waals surface area contributed by atoms with Gasteiger partial charge in [0.1, 0.15) is 0 Å². The summed E-state index contributed by atoms with van der Waals surface area (Å²) in [5.74, 6) is 1.19. The molecule has 0 saturated heterocycles. The van der Waals surface area contributed by atoms with Gasteiger partial charge in [0.25, 0.3) is 0 Å². The second-order valence-corrected chi connectivity index (χ2v) is 5.15. The summed E-state index contributed by atoms with van der Waals surface area (Å²) >= 11 is 6.11. The molecule has 0 aromatic carbocycles. The third kappa shape index (κ3) is 3.71. The molecule has 0 fully saturated rings. The first-order valence-corrected chi connectivity index (χ1v) is 7.05. The van der Waals surface area contributed by atoms with E-state index < -0.39 is 0 Å². The highest BCUT2D eigenvalue weighted by Crippen LogP contribution is 2.24. The highest BCUT2D eigenvalue weighted by atomic mass is 35.5. The maximum absolute atomic E-state index is 6.11. The van der Waals surface area contributed by atoms with E-state index in [2.05, 4.69) is 29.2 Å². The molecule has 0 aliphatic carbocycles. The van der Waals surface area contributed by atoms with Crippen molar-refractivity contribution < 1.29 is 4.74 Å². The van der Waals surface area contributed by atoms with Gasteiger partial charge in [0.2, 0.25) is 5.88 Å². The van der Waals surface area contributed by atoms with E-state index in [0.717, 1.165) is 12.1 Å². The summed E-state index contributed by atoms with van der Waals surface area (Å²) in [6.07, 6.45) is 5.14. The lowest BCUT2D eigenvalue weighted by atomic mass is 10.2. The molecule has 0 unspecified atom stereocenters. The predicted molar refractivity (Wildman–Crippen MR) is 79.3 cm³/mol. The van der Waals surface area contributed by atoms with Crippen molar-refractivity contribution in [2.75, 3.05) is 6.54 Å². The fraction of sp³-hybridized carbons (Fsp3) is 0.429. The summed E-state index contributed by atoms with van der Waals surface area (Å²) in [4.78, 5) is 4.18. The van der Waals surface area contributed by atoms with E-state index in [4.69, 9.17) is 16.3 Å². The number of aromatic nitrogens is 3. The van der Waals surface area contributed by atoms with Crippen molar-refractivity contribution in [1.29, 1.82) is 0 Å². The van der Waals surface area contributed by atoms with Crippen LogP contribution in [-0.4, -0.2) is 21.3 Å². The van der Waals surface area contributed by atoms with Crippen LogP contribution < -0.4 is 10.1 Å². The summed E-state index contributed by atoms with van der Waals surface area (Å²) in [5, 5.41) is 8.09. The summed E-state index contributed by atoms with van der Waals surface area (Å²) < 4.78 is 7.54. The largest absolute Gasteiger partial charge is 0.436 e. The smallest absolute Gasteiger partial charge is 0.219 e. The summed E-state index contributed by atoms with van der Waals surface area (Å²) in [6.45, 7) is 7.75. The van der Waals surface area contributed by atoms with Gasteiger partial charge < -0.3 is 10.1 Å². The second kappa shape index (κ2) is 6.72. The van der Waals surface area contributed by atoms with Gasteiger partial charge in [-0.25, -0.2) is 4.98 Å². The lowest BCUT2D eigenvalue weighted by molar-refractivity contribution is 0.458. The first-order chi connectivity index (χ1) is 9.60. The Morgan fingerprint density at radius 2 is 2.20 bits per heavy atom. The molecule has 5 nitrogen and oxygen atoms in total. The van der Waals surface area contributed by atoms with Gasteiger partial charge in [0.05, 0.1) is 17.4 Å². The van der Waals surface area contributed by atoms with Gasteiger partial charge in [0, 0.05) is 24.8 Å². The number of nitrogens with zero attached hydrogens (tertiary/aromatic N) is 3. The van der Waals surface area contributed by atoms with Gasteiger partial charge in [-0.05, 0) is 26.0 Å². The predicted octanol–water partition coefficient (Wildman–Crippen LogP) is 3.41. The highest BCUT2D eigenvalue weighted by Gasteiger charge is 2.07. The molecular formula is C14H19ClN4O. The Kier molecular flexibility index (Phi) is 4.98. The first-order valence-electron chi connectivity index (χ1n) is 6.67. The minimum atomic E-state index is 0.301. The van der Waals surface area contributed by atoms with Crippen LogP contribution in [0.4, 0.5) is 0 Å². The number of hydrogen-bond donors (Lipinski definition) is 1. The number of rotatable bonds is 6. The van der Waals surface area contributed by atoms with Crippen molar-refractivity contribution in [3.8, 4) is 11.6 Å². The third-order valence-corrected chi connectivity index (χ3v) is 3.14. The fourth-order valence-corrected chi connectivity index (χ4v) is 1.86. The lowest BCUT2D eigenvalue weighted by Gasteiger charge is -2.07. The molecule has 0 aliphatic heterocycles. The Bertz CT molecular complexity index is 568. The Labute approximate surface area is 123 Å². The van der Waals surface area contributed by atoms with Gasteiger partial charge >= 0.3 is 0 Å². The van der Waals surface area contributed by atoms with E-state index in [1.165, 1.54) is 0 Å². The van der Waals surface area contributed by atoms with Crippen LogP contribution in [0.15, 0.2) is 24.7 Å². The van der Waals surface area contributed by atoms with Crippen LogP contribution in [0.3, 0.4) is 0 Å². The van der Waals surface area contributed by atoms with Crippen LogP contribution in [0, 0.1) is 0 Å². The third-order valence-electron chi connectivity index (χ3n) is 2.80. The van der Waals surface area contributed by atoms with Crippen molar-refractivity contribution in [2.45, 2.75) is 33.4 Å². The Morgan fingerprint density at radius 3 is 2.85 bits per heavy atom. The molecule has 0 atom stereocenters. The zero-order chi connectivity index (χ0) is 14.5. The molecule has 108 valence electrons. The SMILES string of the molecule is CCNCc1cc(Oc2cnn(C(C)C)c2)ncc1Cl. The Hall–Kier alpha value is -1.59. The van der Waals surface area contributed by atoms with Gasteiger partial charge in [-0.15, -0.1) is 0 Å². The normalized spacial score (nSPS) is 11.1. The van der Waals surface area contributed by atoms with E-state index in [0.29, 0.717) is 29.2 Å².